The Hall–Kier alpha value is -2.56. The number of esters is 1. The van der Waals surface area contributed by atoms with Crippen LogP contribution < -0.4 is 10.5 Å². The number of anilines is 1. The summed E-state index contributed by atoms with van der Waals surface area (Å²) in [6.45, 7) is 5.75. The number of nitrogen functional groups attached to an aromatic ring is 1. The van der Waals surface area contributed by atoms with E-state index in [1.165, 1.54) is 6.07 Å². The molecule has 5 heteroatoms. The van der Waals surface area contributed by atoms with Crippen molar-refractivity contribution >= 4 is 17.9 Å². The lowest BCUT2D eigenvalue weighted by atomic mass is 10.2. The maximum Gasteiger partial charge on any atom is 0.342 e. The second kappa shape index (κ2) is 7.78. The lowest BCUT2D eigenvalue weighted by Crippen LogP contribution is -2.08. The van der Waals surface area contributed by atoms with Gasteiger partial charge in [0.25, 0.3) is 0 Å². The van der Waals surface area contributed by atoms with Crippen LogP contribution >= 0.6 is 0 Å². The number of carbonyl (C=O) groups is 1. The van der Waals surface area contributed by atoms with Gasteiger partial charge < -0.3 is 15.2 Å². The summed E-state index contributed by atoms with van der Waals surface area (Å²) in [4.78, 5) is 15.6. The molecule has 5 nitrogen and oxygen atoms in total. The predicted molar refractivity (Wildman–Crippen MR) is 80.1 cm³/mol. The normalized spacial score (nSPS) is 10.9. The van der Waals surface area contributed by atoms with Crippen molar-refractivity contribution in [3.63, 3.8) is 0 Å². The van der Waals surface area contributed by atoms with Gasteiger partial charge in [-0.3, -0.25) is 4.99 Å². The highest BCUT2D eigenvalue weighted by Gasteiger charge is 2.14. The zero-order chi connectivity index (χ0) is 15.0. The first kappa shape index (κ1) is 15.5. The lowest BCUT2D eigenvalue weighted by molar-refractivity contribution is 0.0523. The van der Waals surface area contributed by atoms with Crippen LogP contribution in [-0.2, 0) is 4.74 Å². The maximum absolute atomic E-state index is 11.8. The molecule has 1 rings (SSSR count). The summed E-state index contributed by atoms with van der Waals surface area (Å²) in [6, 6.07) is 4.76. The minimum absolute atomic E-state index is 0.269. The topological polar surface area (TPSA) is 73.9 Å². The van der Waals surface area contributed by atoms with Crippen LogP contribution in [0.2, 0.25) is 0 Å². The first-order chi connectivity index (χ1) is 9.58. The molecule has 0 unspecified atom stereocenters. The molecule has 0 aliphatic heterocycles. The summed E-state index contributed by atoms with van der Waals surface area (Å²) in [6.07, 6.45) is 4.92. The largest absolute Gasteiger partial charge is 0.462 e. The standard InChI is InChI=1S/C15H18N2O3/c1-4-19-15(18)13-10-12(16)7-8-14(13)20-11(2)6-5-9-17-3/h5-10H,2,4,16H2,1,3H3. The molecular formula is C15H18N2O3. The summed E-state index contributed by atoms with van der Waals surface area (Å²) in [5.41, 5.74) is 6.40. The Morgan fingerprint density at radius 1 is 1.50 bits per heavy atom. The van der Waals surface area contributed by atoms with Gasteiger partial charge in [-0.25, -0.2) is 4.79 Å². The molecule has 106 valence electrons. The number of hydrogen-bond acceptors (Lipinski definition) is 5. The highest BCUT2D eigenvalue weighted by atomic mass is 16.5. The highest BCUT2D eigenvalue weighted by molar-refractivity contribution is 5.93. The van der Waals surface area contributed by atoms with Crippen LogP contribution in [0.3, 0.4) is 0 Å². The Morgan fingerprint density at radius 2 is 2.25 bits per heavy atom. The number of rotatable bonds is 6. The monoisotopic (exact) mass is 274 g/mol. The molecular weight excluding hydrogens is 256 g/mol. The van der Waals surface area contributed by atoms with E-state index < -0.39 is 5.97 Å². The van der Waals surface area contributed by atoms with Gasteiger partial charge in [-0.05, 0) is 37.3 Å². The highest BCUT2D eigenvalue weighted by Crippen LogP contribution is 2.24. The molecule has 0 aliphatic carbocycles. The van der Waals surface area contributed by atoms with Crippen molar-refractivity contribution in [3.8, 4) is 5.75 Å². The van der Waals surface area contributed by atoms with E-state index >= 15 is 0 Å². The molecule has 0 heterocycles. The molecule has 0 saturated heterocycles. The van der Waals surface area contributed by atoms with Crippen LogP contribution in [0.5, 0.6) is 5.75 Å². The molecule has 0 bridgehead atoms. The number of benzene rings is 1. The smallest absolute Gasteiger partial charge is 0.342 e. The van der Waals surface area contributed by atoms with Crippen molar-refractivity contribution in [1.82, 2.24) is 0 Å². The van der Waals surface area contributed by atoms with E-state index in [0.29, 0.717) is 17.2 Å². The van der Waals surface area contributed by atoms with Crippen LogP contribution in [0, 0.1) is 0 Å². The third kappa shape index (κ3) is 4.61. The number of hydrogen-bond donors (Lipinski definition) is 1. The SMILES string of the molecule is C=C(C=CC=NC)Oc1ccc(N)cc1C(=O)OCC. The van der Waals surface area contributed by atoms with Crippen LogP contribution in [-0.4, -0.2) is 25.8 Å². The van der Waals surface area contributed by atoms with E-state index in [9.17, 15) is 4.79 Å². The number of nitrogens with zero attached hydrogens (tertiary/aromatic N) is 1. The Labute approximate surface area is 118 Å². The molecule has 2 N–H and O–H groups in total. The summed E-state index contributed by atoms with van der Waals surface area (Å²) >= 11 is 0. The molecule has 0 spiro atoms. The molecule has 0 radical (unpaired) electrons. The summed E-state index contributed by atoms with van der Waals surface area (Å²) in [5.74, 6) is 0.239. The maximum atomic E-state index is 11.8. The average molecular weight is 274 g/mol. The Morgan fingerprint density at radius 3 is 2.90 bits per heavy atom. The first-order valence-electron chi connectivity index (χ1n) is 6.10. The van der Waals surface area contributed by atoms with Crippen molar-refractivity contribution in [3.05, 3.63) is 48.3 Å². The van der Waals surface area contributed by atoms with Gasteiger partial charge >= 0.3 is 5.97 Å². The lowest BCUT2D eigenvalue weighted by Gasteiger charge is -2.11. The van der Waals surface area contributed by atoms with Gasteiger partial charge in [-0.2, -0.15) is 0 Å². The van der Waals surface area contributed by atoms with Gasteiger partial charge in [0.15, 0.2) is 0 Å². The summed E-state index contributed by atoms with van der Waals surface area (Å²) < 4.78 is 10.5. The number of allylic oxidation sites excluding steroid dienone is 2. The Kier molecular flexibility index (Phi) is 6.03. The minimum atomic E-state index is -0.485. The van der Waals surface area contributed by atoms with Crippen molar-refractivity contribution < 1.29 is 14.3 Å². The summed E-state index contributed by atoms with van der Waals surface area (Å²) in [7, 11) is 1.66. The average Bonchev–Trinajstić information content (AvgIpc) is 2.41. The fourth-order valence-electron chi connectivity index (χ4n) is 1.42. The second-order valence-electron chi connectivity index (χ2n) is 3.81. The zero-order valence-corrected chi connectivity index (χ0v) is 11.6. The molecule has 1 aromatic carbocycles. The number of nitrogens with two attached hydrogens (primary N) is 1. The quantitative estimate of drug-likeness (QED) is 0.284. The molecule has 0 amide bonds. The van der Waals surface area contributed by atoms with Gasteiger partial charge in [0.2, 0.25) is 0 Å². The van der Waals surface area contributed by atoms with Crippen molar-refractivity contribution in [2.75, 3.05) is 19.4 Å². The first-order valence-corrected chi connectivity index (χ1v) is 6.10. The van der Waals surface area contributed by atoms with E-state index in [2.05, 4.69) is 11.6 Å². The summed E-state index contributed by atoms with van der Waals surface area (Å²) in [5, 5.41) is 0. The molecule has 0 aromatic heterocycles. The number of carbonyl (C=O) groups excluding carboxylic acids is 1. The molecule has 20 heavy (non-hydrogen) atoms. The third-order valence-corrected chi connectivity index (χ3v) is 2.26. The minimum Gasteiger partial charge on any atom is -0.462 e. The van der Waals surface area contributed by atoms with Crippen molar-refractivity contribution in [2.45, 2.75) is 6.92 Å². The van der Waals surface area contributed by atoms with Crippen molar-refractivity contribution in [1.29, 1.82) is 0 Å². The van der Waals surface area contributed by atoms with Gasteiger partial charge in [0.1, 0.15) is 17.1 Å². The Bertz CT molecular complexity index is 548. The van der Waals surface area contributed by atoms with E-state index in [4.69, 9.17) is 15.2 Å². The van der Waals surface area contributed by atoms with Gasteiger partial charge in [-0.1, -0.05) is 6.58 Å². The van der Waals surface area contributed by atoms with Crippen LogP contribution in [0.25, 0.3) is 0 Å². The van der Waals surface area contributed by atoms with Gasteiger partial charge in [0.05, 0.1) is 6.61 Å². The van der Waals surface area contributed by atoms with E-state index in [-0.39, 0.29) is 12.2 Å². The molecule has 0 atom stereocenters. The fourth-order valence-corrected chi connectivity index (χ4v) is 1.42. The fraction of sp³-hybridized carbons (Fsp3) is 0.200. The molecule has 0 saturated carbocycles. The number of ether oxygens (including phenoxy) is 2. The van der Waals surface area contributed by atoms with Gasteiger partial charge in [-0.15, -0.1) is 0 Å². The molecule has 0 aliphatic rings. The van der Waals surface area contributed by atoms with E-state index in [1.807, 2.05) is 0 Å². The zero-order valence-electron chi connectivity index (χ0n) is 11.6. The van der Waals surface area contributed by atoms with E-state index in [1.54, 1.807) is 44.5 Å². The van der Waals surface area contributed by atoms with E-state index in [0.717, 1.165) is 0 Å². The van der Waals surface area contributed by atoms with Gasteiger partial charge in [0, 0.05) is 18.9 Å². The molecule has 0 fully saturated rings. The second-order valence-corrected chi connectivity index (χ2v) is 3.81. The predicted octanol–water partition coefficient (Wildman–Crippen LogP) is 2.59. The van der Waals surface area contributed by atoms with Crippen LogP contribution in [0.4, 0.5) is 5.69 Å². The third-order valence-electron chi connectivity index (χ3n) is 2.26. The van der Waals surface area contributed by atoms with Crippen LogP contribution in [0.1, 0.15) is 17.3 Å². The Balaban J connectivity index is 2.94. The van der Waals surface area contributed by atoms with Crippen molar-refractivity contribution in [2.24, 2.45) is 4.99 Å². The van der Waals surface area contributed by atoms with Crippen LogP contribution in [0.15, 0.2) is 47.7 Å². The molecule has 1 aromatic rings. The number of aliphatic imine (C=N–C) groups is 1.